The van der Waals surface area contributed by atoms with Crippen molar-refractivity contribution < 1.29 is 19.1 Å². The number of halogens is 2. The number of carbonyl (C=O) groups excluding carboxylic acids is 2. The molecule has 1 aromatic carbocycles. The van der Waals surface area contributed by atoms with Crippen LogP contribution in [0.4, 0.5) is 5.00 Å². The number of carbonyl (C=O) groups is 2. The zero-order chi connectivity index (χ0) is 22.8. The van der Waals surface area contributed by atoms with E-state index in [1.807, 2.05) is 12.1 Å². The third-order valence-electron chi connectivity index (χ3n) is 6.19. The monoisotopic (exact) mass is 494 g/mol. The number of ether oxygens (including phenoxy) is 2. The summed E-state index contributed by atoms with van der Waals surface area (Å²) in [5.41, 5.74) is 3.57. The maximum absolute atomic E-state index is 13.1. The highest BCUT2D eigenvalue weighted by atomic mass is 35.5. The number of nitrogens with one attached hydrogen (secondary N) is 1. The molecule has 2 aliphatic rings. The van der Waals surface area contributed by atoms with E-state index in [4.69, 9.17) is 32.7 Å². The van der Waals surface area contributed by atoms with E-state index >= 15 is 0 Å². The number of fused-ring (bicyclic) bond motifs is 2. The Hall–Kier alpha value is -1.93. The van der Waals surface area contributed by atoms with Crippen molar-refractivity contribution in [2.75, 3.05) is 20.8 Å². The van der Waals surface area contributed by atoms with Crippen molar-refractivity contribution >= 4 is 57.1 Å². The maximum Gasteiger partial charge on any atom is 0.305 e. The van der Waals surface area contributed by atoms with Crippen LogP contribution in [0.25, 0.3) is 0 Å². The predicted octanol–water partition coefficient (Wildman–Crippen LogP) is 4.72. The summed E-state index contributed by atoms with van der Waals surface area (Å²) < 4.78 is 10.7. The van der Waals surface area contributed by atoms with E-state index in [-0.39, 0.29) is 36.2 Å². The fraction of sp³-hybridized carbons (Fsp3) is 0.435. The average Bonchev–Trinajstić information content (AvgIpc) is 3.43. The van der Waals surface area contributed by atoms with Crippen molar-refractivity contribution in [3.63, 3.8) is 0 Å². The van der Waals surface area contributed by atoms with Crippen LogP contribution in [0.1, 0.15) is 35.4 Å². The highest BCUT2D eigenvalue weighted by Crippen LogP contribution is 2.46. The molecule has 3 atom stereocenters. The Labute approximate surface area is 200 Å². The molecular formula is C23H24Cl2N2O4S. The van der Waals surface area contributed by atoms with Gasteiger partial charge < -0.3 is 14.8 Å². The molecule has 1 aliphatic heterocycles. The fourth-order valence-corrected chi connectivity index (χ4v) is 6.18. The van der Waals surface area contributed by atoms with E-state index in [9.17, 15) is 9.59 Å². The van der Waals surface area contributed by atoms with Gasteiger partial charge in [0.05, 0.1) is 12.1 Å². The van der Waals surface area contributed by atoms with Crippen molar-refractivity contribution in [1.82, 2.24) is 5.32 Å². The summed E-state index contributed by atoms with van der Waals surface area (Å²) >= 11 is 13.6. The largest absolute Gasteiger partial charge is 0.469 e. The van der Waals surface area contributed by atoms with Crippen molar-refractivity contribution in [1.29, 1.82) is 0 Å². The first kappa shape index (κ1) is 23.2. The van der Waals surface area contributed by atoms with Gasteiger partial charge in [0.1, 0.15) is 15.0 Å². The van der Waals surface area contributed by atoms with Gasteiger partial charge in [0.2, 0.25) is 0 Å². The average molecular weight is 495 g/mol. The smallest absolute Gasteiger partial charge is 0.305 e. The number of methoxy groups -OCH3 is 2. The Morgan fingerprint density at radius 2 is 2.06 bits per heavy atom. The first-order chi connectivity index (χ1) is 15.4. The lowest BCUT2D eigenvalue weighted by Gasteiger charge is -2.29. The number of esters is 1. The van der Waals surface area contributed by atoms with Gasteiger partial charge >= 0.3 is 5.97 Å². The highest BCUT2D eigenvalue weighted by molar-refractivity contribution is 7.20. The summed E-state index contributed by atoms with van der Waals surface area (Å²) in [5, 5.41) is 4.36. The van der Waals surface area contributed by atoms with Crippen LogP contribution < -0.4 is 5.32 Å². The summed E-state index contributed by atoms with van der Waals surface area (Å²) in [6, 6.07) is 7.98. The molecule has 2 heterocycles. The zero-order valence-electron chi connectivity index (χ0n) is 17.8. The van der Waals surface area contributed by atoms with E-state index in [0.29, 0.717) is 45.9 Å². The van der Waals surface area contributed by atoms with Gasteiger partial charge in [-0.2, -0.15) is 0 Å². The number of hydrogen-bond acceptors (Lipinski definition) is 6. The summed E-state index contributed by atoms with van der Waals surface area (Å²) in [5.74, 6) is -0.543. The normalized spacial score (nSPS) is 19.8. The second-order valence-corrected chi connectivity index (χ2v) is 10.0. The van der Waals surface area contributed by atoms with Crippen LogP contribution in [0.3, 0.4) is 0 Å². The highest BCUT2D eigenvalue weighted by Gasteiger charge is 2.40. The van der Waals surface area contributed by atoms with Crippen molar-refractivity contribution in [3.05, 3.63) is 50.3 Å². The van der Waals surface area contributed by atoms with Gasteiger partial charge in [-0.05, 0) is 29.9 Å². The van der Waals surface area contributed by atoms with E-state index in [1.54, 1.807) is 7.11 Å². The summed E-state index contributed by atoms with van der Waals surface area (Å²) in [6.45, 7) is 0.521. The van der Waals surface area contributed by atoms with Crippen molar-refractivity contribution in [2.24, 2.45) is 10.9 Å². The number of amides is 1. The van der Waals surface area contributed by atoms with E-state index in [2.05, 4.69) is 22.4 Å². The number of hydrogen-bond donors (Lipinski definition) is 1. The summed E-state index contributed by atoms with van der Waals surface area (Å²) in [4.78, 5) is 29.8. The topological polar surface area (TPSA) is 77.0 Å². The van der Waals surface area contributed by atoms with Crippen LogP contribution in [0.5, 0.6) is 0 Å². The first-order valence-corrected chi connectivity index (χ1v) is 12.0. The van der Waals surface area contributed by atoms with Crippen molar-refractivity contribution in [2.45, 2.75) is 37.6 Å². The molecule has 0 radical (unpaired) electrons. The van der Waals surface area contributed by atoms with Gasteiger partial charge in [0, 0.05) is 44.1 Å². The molecule has 0 fully saturated rings. The lowest BCUT2D eigenvalue weighted by atomic mass is 9.80. The number of aliphatic imine (C=N–C) groups is 1. The van der Waals surface area contributed by atoms with Crippen LogP contribution >= 0.6 is 34.5 Å². The standard InChI is InChI=1S/C23H24Cl2N2O4S/c1-30-8-7-13(10-18(28)31-2)19-14-6-4-3-5-12(14)9-16(19)26-22(29)17-11-15-20(24)21(25)32-23(15)27-17/h3-6,13,16,19H,7-11H2,1-2H3,(H,26,29)/t13?,16-,19-/m1/s1. The SMILES string of the molecule is COCCC(CC(=O)OC)[C@@H]1c2ccccc2C[C@H]1NC(=O)C1=Nc2sc(Cl)c(Cl)c2C1. The molecule has 1 amide bonds. The Morgan fingerprint density at radius 1 is 1.28 bits per heavy atom. The minimum absolute atomic E-state index is 0.0292. The van der Waals surface area contributed by atoms with Gasteiger partial charge in [0.15, 0.2) is 0 Å². The van der Waals surface area contributed by atoms with Crippen molar-refractivity contribution in [3.8, 4) is 0 Å². The van der Waals surface area contributed by atoms with Gasteiger partial charge in [0.25, 0.3) is 5.91 Å². The molecule has 2 aromatic rings. The Kier molecular flexibility index (Phi) is 7.20. The minimum atomic E-state index is -0.267. The third kappa shape index (κ3) is 4.57. The molecule has 0 spiro atoms. The predicted molar refractivity (Wildman–Crippen MR) is 127 cm³/mol. The first-order valence-electron chi connectivity index (χ1n) is 10.4. The molecule has 1 aromatic heterocycles. The number of benzene rings is 1. The molecule has 32 heavy (non-hydrogen) atoms. The van der Waals surface area contributed by atoms with Crippen LogP contribution in [0.15, 0.2) is 29.3 Å². The van der Waals surface area contributed by atoms with Crippen LogP contribution in [-0.4, -0.2) is 44.5 Å². The second-order valence-electron chi connectivity index (χ2n) is 8.04. The maximum atomic E-state index is 13.1. The number of rotatable bonds is 8. The second kappa shape index (κ2) is 9.91. The van der Waals surface area contributed by atoms with E-state index in [1.165, 1.54) is 24.0 Å². The zero-order valence-corrected chi connectivity index (χ0v) is 20.1. The Bertz CT molecular complexity index is 1070. The van der Waals surface area contributed by atoms with E-state index < -0.39 is 0 Å². The molecule has 0 saturated heterocycles. The molecule has 1 unspecified atom stereocenters. The minimum Gasteiger partial charge on any atom is -0.469 e. The molecule has 6 nitrogen and oxygen atoms in total. The lowest BCUT2D eigenvalue weighted by molar-refractivity contribution is -0.142. The van der Waals surface area contributed by atoms with Gasteiger partial charge in [-0.1, -0.05) is 47.5 Å². The molecule has 1 N–H and O–H groups in total. The van der Waals surface area contributed by atoms with E-state index in [0.717, 1.165) is 11.1 Å². The summed E-state index contributed by atoms with van der Waals surface area (Å²) in [7, 11) is 3.04. The molecule has 1 aliphatic carbocycles. The number of nitrogens with zero attached hydrogens (tertiary/aromatic N) is 1. The third-order valence-corrected chi connectivity index (χ3v) is 8.15. The van der Waals surface area contributed by atoms with Gasteiger partial charge in [-0.15, -0.1) is 11.3 Å². The lowest BCUT2D eigenvalue weighted by Crippen LogP contribution is -2.43. The van der Waals surface area contributed by atoms with Gasteiger partial charge in [-0.25, -0.2) is 4.99 Å². The van der Waals surface area contributed by atoms with Crippen LogP contribution in [0.2, 0.25) is 9.36 Å². The molecular weight excluding hydrogens is 471 g/mol. The Morgan fingerprint density at radius 3 is 2.78 bits per heavy atom. The van der Waals surface area contributed by atoms with Gasteiger partial charge in [-0.3, -0.25) is 9.59 Å². The molecule has 170 valence electrons. The van der Waals surface area contributed by atoms with Crippen LogP contribution in [0, 0.1) is 5.92 Å². The fourth-order valence-electron chi connectivity index (χ4n) is 4.68. The molecule has 4 rings (SSSR count). The van der Waals surface area contributed by atoms with Crippen LogP contribution in [-0.2, 0) is 31.9 Å². The summed E-state index contributed by atoms with van der Waals surface area (Å²) in [6.07, 6.45) is 2.00. The quantitative estimate of drug-likeness (QED) is 0.538. The Balaban J connectivity index is 1.57. The molecule has 9 heteroatoms. The number of thiophene rings is 1. The molecule has 0 saturated carbocycles. The molecule has 0 bridgehead atoms.